The van der Waals surface area contributed by atoms with Crippen LogP contribution in [0.15, 0.2) is 134 Å². The number of rotatable bonds is 4. The van der Waals surface area contributed by atoms with Gasteiger partial charge in [0, 0.05) is 34.0 Å². The zero-order chi connectivity index (χ0) is 31.3. The Hall–Kier alpha value is -4.95. The molecular formula is C43H40N2. The molecule has 6 aromatic carbocycles. The minimum Gasteiger partial charge on any atom is -0.311 e. The van der Waals surface area contributed by atoms with Crippen LogP contribution in [0.5, 0.6) is 0 Å². The van der Waals surface area contributed by atoms with Gasteiger partial charge in [-0.1, -0.05) is 120 Å². The summed E-state index contributed by atoms with van der Waals surface area (Å²) in [4.78, 5) is 7.25. The third-order valence-corrected chi connectivity index (χ3v) is 8.84. The monoisotopic (exact) mass is 584 g/mol. The average Bonchev–Trinajstić information content (AvgIpc) is 3.03. The van der Waals surface area contributed by atoms with E-state index in [2.05, 4.69) is 168 Å². The van der Waals surface area contributed by atoms with Gasteiger partial charge in [-0.2, -0.15) is 0 Å². The highest BCUT2D eigenvalue weighted by Crippen LogP contribution is 2.46. The molecule has 1 aromatic heterocycles. The molecule has 0 saturated heterocycles. The van der Waals surface area contributed by atoms with Crippen LogP contribution in [0.4, 0.5) is 17.1 Å². The van der Waals surface area contributed by atoms with Gasteiger partial charge < -0.3 is 4.90 Å². The second-order valence-electron chi connectivity index (χ2n) is 14.1. The van der Waals surface area contributed by atoms with Crippen LogP contribution in [0.1, 0.15) is 52.7 Å². The number of nitrogens with zero attached hydrogens (tertiary/aromatic N) is 2. The number of benzene rings is 6. The van der Waals surface area contributed by atoms with Crippen LogP contribution in [0.3, 0.4) is 0 Å². The lowest BCUT2D eigenvalue weighted by molar-refractivity contribution is 0.593. The lowest BCUT2D eigenvalue weighted by atomic mass is 9.73. The summed E-state index contributed by atoms with van der Waals surface area (Å²) in [5, 5.41) is 6.42. The summed E-state index contributed by atoms with van der Waals surface area (Å²) in [5.41, 5.74) is 9.55. The van der Waals surface area contributed by atoms with E-state index in [1.54, 1.807) is 0 Å². The molecule has 222 valence electrons. The molecule has 0 atom stereocenters. The third-order valence-electron chi connectivity index (χ3n) is 8.84. The van der Waals surface area contributed by atoms with Crippen molar-refractivity contribution in [2.45, 2.75) is 52.4 Å². The summed E-state index contributed by atoms with van der Waals surface area (Å²) >= 11 is 0. The minimum atomic E-state index is -0.0692. The van der Waals surface area contributed by atoms with E-state index < -0.39 is 0 Å². The molecule has 1 heterocycles. The molecule has 0 amide bonds. The Bertz CT molecular complexity index is 2110. The first-order valence-electron chi connectivity index (χ1n) is 15.9. The van der Waals surface area contributed by atoms with E-state index in [1.165, 1.54) is 49.2 Å². The smallest absolute Gasteiger partial charge is 0.0783 e. The summed E-state index contributed by atoms with van der Waals surface area (Å²) in [6.07, 6.45) is 1.93. The predicted octanol–water partition coefficient (Wildman–Crippen LogP) is 12.3. The van der Waals surface area contributed by atoms with Crippen molar-refractivity contribution < 1.29 is 0 Å². The molecule has 0 aliphatic heterocycles. The molecule has 0 unspecified atom stereocenters. The predicted molar refractivity (Wildman–Crippen MR) is 194 cm³/mol. The summed E-state index contributed by atoms with van der Waals surface area (Å²) in [5.74, 6) is 0. The quantitative estimate of drug-likeness (QED) is 0.151. The highest BCUT2D eigenvalue weighted by Gasteiger charge is 2.29. The van der Waals surface area contributed by atoms with Crippen LogP contribution in [0, 0.1) is 0 Å². The Kier molecular flexibility index (Phi) is 6.97. The van der Waals surface area contributed by atoms with Gasteiger partial charge in [0.25, 0.3) is 0 Å². The molecule has 0 bridgehead atoms. The number of anilines is 3. The van der Waals surface area contributed by atoms with E-state index in [-0.39, 0.29) is 10.8 Å². The summed E-state index contributed by atoms with van der Waals surface area (Å²) in [6, 6.07) is 46.0. The number of aromatic nitrogens is 1. The number of hydrogen-bond acceptors (Lipinski definition) is 2. The van der Waals surface area contributed by atoms with Crippen molar-refractivity contribution in [3.05, 3.63) is 145 Å². The van der Waals surface area contributed by atoms with Gasteiger partial charge in [-0.3, -0.25) is 4.98 Å². The Morgan fingerprint density at radius 1 is 0.467 bits per heavy atom. The van der Waals surface area contributed by atoms with Crippen molar-refractivity contribution in [2.24, 2.45) is 0 Å². The molecule has 0 radical (unpaired) electrons. The van der Waals surface area contributed by atoms with Crippen LogP contribution in [0.25, 0.3) is 43.6 Å². The maximum absolute atomic E-state index is 4.94. The van der Waals surface area contributed by atoms with Crippen LogP contribution in [-0.4, -0.2) is 4.98 Å². The lowest BCUT2D eigenvalue weighted by Crippen LogP contribution is -2.18. The molecule has 0 aliphatic rings. The second kappa shape index (κ2) is 10.9. The topological polar surface area (TPSA) is 16.1 Å². The Balaban J connectivity index is 1.43. The first-order chi connectivity index (χ1) is 21.6. The van der Waals surface area contributed by atoms with Crippen molar-refractivity contribution in [3.8, 4) is 11.1 Å². The van der Waals surface area contributed by atoms with Gasteiger partial charge in [0.1, 0.15) is 0 Å². The molecule has 0 aliphatic carbocycles. The summed E-state index contributed by atoms with van der Waals surface area (Å²) in [7, 11) is 0. The molecule has 0 N–H and O–H groups in total. The highest BCUT2D eigenvalue weighted by molar-refractivity contribution is 6.17. The molecule has 7 aromatic rings. The van der Waals surface area contributed by atoms with Gasteiger partial charge >= 0.3 is 0 Å². The number of para-hydroxylation sites is 2. The molecular weight excluding hydrogens is 544 g/mol. The normalized spacial score (nSPS) is 12.2. The molecule has 45 heavy (non-hydrogen) atoms. The van der Waals surface area contributed by atoms with E-state index in [4.69, 9.17) is 4.98 Å². The Labute approximate surface area is 267 Å². The van der Waals surface area contributed by atoms with Crippen molar-refractivity contribution in [1.82, 2.24) is 4.98 Å². The van der Waals surface area contributed by atoms with Crippen molar-refractivity contribution in [2.75, 3.05) is 4.90 Å². The van der Waals surface area contributed by atoms with E-state index in [0.29, 0.717) is 0 Å². The number of hydrogen-bond donors (Lipinski definition) is 0. The van der Waals surface area contributed by atoms with E-state index >= 15 is 0 Å². The molecule has 0 spiro atoms. The maximum Gasteiger partial charge on any atom is 0.0783 e. The van der Waals surface area contributed by atoms with Gasteiger partial charge in [0.05, 0.1) is 5.52 Å². The summed E-state index contributed by atoms with van der Waals surface area (Å²) in [6.45, 7) is 14.0. The zero-order valence-corrected chi connectivity index (χ0v) is 27.1. The first kappa shape index (κ1) is 28.8. The SMILES string of the molecule is CC(C)(C)c1c2cc(-c3ccc(N(c4ccccc4)c4ccccc4)cc3)ccc2c(C(C)(C)C)c2c1ccc1cccnc12. The van der Waals surface area contributed by atoms with Crippen molar-refractivity contribution in [1.29, 1.82) is 0 Å². The molecule has 2 nitrogen and oxygen atoms in total. The second-order valence-corrected chi connectivity index (χ2v) is 14.1. The van der Waals surface area contributed by atoms with E-state index in [1.807, 2.05) is 12.3 Å². The third kappa shape index (κ3) is 5.15. The zero-order valence-electron chi connectivity index (χ0n) is 27.1. The molecule has 0 fully saturated rings. The fraction of sp³-hybridized carbons (Fsp3) is 0.186. The Morgan fingerprint density at radius 2 is 1.02 bits per heavy atom. The Morgan fingerprint density at radius 3 is 1.62 bits per heavy atom. The lowest BCUT2D eigenvalue weighted by Gasteiger charge is -2.31. The van der Waals surface area contributed by atoms with Crippen molar-refractivity contribution >= 4 is 49.5 Å². The largest absolute Gasteiger partial charge is 0.311 e. The number of fused-ring (bicyclic) bond motifs is 4. The standard InChI is InChI=1S/C43H40N2/c1-42(2,3)39-36-26-21-30-14-13-27-44-41(30)38(36)40(43(4,5)6)35-25-22-31(28-37(35)39)29-19-23-34(24-20-29)45(32-15-9-7-10-16-32)33-17-11-8-12-18-33/h7-28H,1-6H3. The minimum absolute atomic E-state index is 0.0658. The van der Waals surface area contributed by atoms with Crippen LogP contribution in [0.2, 0.25) is 0 Å². The van der Waals surface area contributed by atoms with Gasteiger partial charge in [0.15, 0.2) is 0 Å². The van der Waals surface area contributed by atoms with Gasteiger partial charge in [-0.15, -0.1) is 0 Å². The van der Waals surface area contributed by atoms with Crippen LogP contribution >= 0.6 is 0 Å². The van der Waals surface area contributed by atoms with E-state index in [9.17, 15) is 0 Å². The molecule has 7 rings (SSSR count). The highest BCUT2D eigenvalue weighted by atomic mass is 15.1. The fourth-order valence-corrected chi connectivity index (χ4v) is 7.03. The summed E-state index contributed by atoms with van der Waals surface area (Å²) < 4.78 is 0. The van der Waals surface area contributed by atoms with E-state index in [0.717, 1.165) is 22.6 Å². The van der Waals surface area contributed by atoms with Gasteiger partial charge in [-0.25, -0.2) is 0 Å². The molecule has 2 heteroatoms. The van der Waals surface area contributed by atoms with Gasteiger partial charge in [0.2, 0.25) is 0 Å². The van der Waals surface area contributed by atoms with Gasteiger partial charge in [-0.05, 0) is 97.8 Å². The maximum atomic E-state index is 4.94. The van der Waals surface area contributed by atoms with Crippen molar-refractivity contribution in [3.63, 3.8) is 0 Å². The number of pyridine rings is 1. The van der Waals surface area contributed by atoms with Crippen LogP contribution < -0.4 is 4.90 Å². The molecule has 0 saturated carbocycles. The van der Waals surface area contributed by atoms with Crippen LogP contribution in [-0.2, 0) is 10.8 Å². The fourth-order valence-electron chi connectivity index (χ4n) is 7.03. The average molecular weight is 585 g/mol. The first-order valence-corrected chi connectivity index (χ1v) is 15.9.